The van der Waals surface area contributed by atoms with Gasteiger partial charge in [0.25, 0.3) is 0 Å². The van der Waals surface area contributed by atoms with Gasteiger partial charge in [-0.2, -0.15) is 0 Å². The van der Waals surface area contributed by atoms with Gasteiger partial charge in [0.2, 0.25) is 5.91 Å². The number of hydrogen-bond donors (Lipinski definition) is 2. The largest absolute Gasteiger partial charge is 0.325 e. The molecule has 1 amide bonds. The number of carbonyl (C=O) groups is 1. The molecule has 0 aromatic heterocycles. The van der Waals surface area contributed by atoms with E-state index in [0.29, 0.717) is 5.02 Å². The molecular weight excluding hydrogens is 296 g/mol. The van der Waals surface area contributed by atoms with Crippen LogP contribution < -0.4 is 10.6 Å². The Morgan fingerprint density at radius 2 is 1.91 bits per heavy atom. The van der Waals surface area contributed by atoms with E-state index >= 15 is 0 Å². The van der Waals surface area contributed by atoms with E-state index in [9.17, 15) is 4.79 Å². The third-order valence-corrected chi connectivity index (χ3v) is 3.94. The van der Waals surface area contributed by atoms with E-state index in [2.05, 4.69) is 16.7 Å². The summed E-state index contributed by atoms with van der Waals surface area (Å²) in [5, 5.41) is 6.82. The number of nitrogens with one attached hydrogen (secondary N) is 2. The van der Waals surface area contributed by atoms with Crippen molar-refractivity contribution in [2.24, 2.45) is 0 Å². The molecule has 0 aliphatic rings. The lowest BCUT2D eigenvalue weighted by atomic mass is 10.1. The quantitative estimate of drug-likeness (QED) is 0.866. The van der Waals surface area contributed by atoms with Crippen LogP contribution in [0.15, 0.2) is 42.5 Å². The van der Waals surface area contributed by atoms with Crippen LogP contribution in [0.3, 0.4) is 0 Å². The minimum Gasteiger partial charge on any atom is -0.325 e. The number of benzene rings is 2. The molecule has 0 radical (unpaired) electrons. The molecule has 0 aliphatic carbocycles. The van der Waals surface area contributed by atoms with Gasteiger partial charge in [0.15, 0.2) is 0 Å². The van der Waals surface area contributed by atoms with Crippen molar-refractivity contribution in [2.45, 2.75) is 26.8 Å². The van der Waals surface area contributed by atoms with Crippen LogP contribution in [0.5, 0.6) is 0 Å². The van der Waals surface area contributed by atoms with E-state index in [1.807, 2.05) is 57.2 Å². The second-order valence-electron chi connectivity index (χ2n) is 5.49. The lowest BCUT2D eigenvalue weighted by Crippen LogP contribution is -2.30. The number of carbonyl (C=O) groups excluding carboxylic acids is 1. The molecule has 2 N–H and O–H groups in total. The smallest absolute Gasteiger partial charge is 0.238 e. The predicted molar refractivity (Wildman–Crippen MR) is 92.4 cm³/mol. The van der Waals surface area contributed by atoms with Gasteiger partial charge in [-0.05, 0) is 44.0 Å². The molecule has 2 aromatic carbocycles. The summed E-state index contributed by atoms with van der Waals surface area (Å²) in [4.78, 5) is 12.1. The first-order chi connectivity index (χ1) is 10.5. The normalized spacial score (nSPS) is 12.0. The Balaban J connectivity index is 1.91. The van der Waals surface area contributed by atoms with E-state index in [1.165, 1.54) is 5.56 Å². The van der Waals surface area contributed by atoms with Gasteiger partial charge >= 0.3 is 0 Å². The Morgan fingerprint density at radius 3 is 2.59 bits per heavy atom. The summed E-state index contributed by atoms with van der Waals surface area (Å²) in [6, 6.07) is 13.6. The molecule has 4 heteroatoms. The maximum atomic E-state index is 12.1. The third kappa shape index (κ3) is 4.33. The summed E-state index contributed by atoms with van der Waals surface area (Å²) >= 11 is 6.16. The molecule has 0 saturated carbocycles. The minimum absolute atomic E-state index is 0.0126. The molecule has 0 aliphatic heterocycles. The standard InChI is InChI=1S/C18H21ClN2O/c1-12-8-9-17(13(2)10-12)21-18(22)11-20-14(3)15-6-4-5-7-16(15)19/h4-10,14,20H,11H2,1-3H3,(H,21,22)/t14-/m1/s1. The Hall–Kier alpha value is -1.84. The first kappa shape index (κ1) is 16.5. The molecule has 1 atom stereocenters. The van der Waals surface area contributed by atoms with Crippen molar-refractivity contribution in [3.05, 3.63) is 64.2 Å². The zero-order valence-electron chi connectivity index (χ0n) is 13.1. The van der Waals surface area contributed by atoms with Gasteiger partial charge in [0.05, 0.1) is 6.54 Å². The van der Waals surface area contributed by atoms with E-state index in [-0.39, 0.29) is 18.5 Å². The number of amides is 1. The van der Waals surface area contributed by atoms with Crippen molar-refractivity contribution < 1.29 is 4.79 Å². The first-order valence-electron chi connectivity index (χ1n) is 7.32. The second kappa shape index (κ2) is 7.43. The molecule has 0 bridgehead atoms. The summed E-state index contributed by atoms with van der Waals surface area (Å²) in [5.41, 5.74) is 4.08. The van der Waals surface area contributed by atoms with Crippen molar-refractivity contribution in [1.29, 1.82) is 0 Å². The molecule has 116 valence electrons. The Bertz CT molecular complexity index is 670. The van der Waals surface area contributed by atoms with E-state index < -0.39 is 0 Å². The van der Waals surface area contributed by atoms with Gasteiger partial charge in [-0.1, -0.05) is 47.5 Å². The number of hydrogen-bond acceptors (Lipinski definition) is 2. The maximum absolute atomic E-state index is 12.1. The van der Waals surface area contributed by atoms with Crippen LogP contribution in [0.4, 0.5) is 5.69 Å². The number of anilines is 1. The van der Waals surface area contributed by atoms with Crippen molar-refractivity contribution >= 4 is 23.2 Å². The average molecular weight is 317 g/mol. The molecule has 0 spiro atoms. The first-order valence-corrected chi connectivity index (χ1v) is 7.70. The van der Waals surface area contributed by atoms with Gasteiger partial charge in [-0.3, -0.25) is 4.79 Å². The lowest BCUT2D eigenvalue weighted by molar-refractivity contribution is -0.115. The van der Waals surface area contributed by atoms with Crippen LogP contribution in [-0.2, 0) is 4.79 Å². The highest BCUT2D eigenvalue weighted by atomic mass is 35.5. The zero-order valence-corrected chi connectivity index (χ0v) is 13.9. The molecular formula is C18H21ClN2O. The Kier molecular flexibility index (Phi) is 5.58. The van der Waals surface area contributed by atoms with Crippen LogP contribution in [0.2, 0.25) is 5.02 Å². The van der Waals surface area contributed by atoms with E-state index in [1.54, 1.807) is 0 Å². The summed E-state index contributed by atoms with van der Waals surface area (Å²) in [7, 11) is 0. The lowest BCUT2D eigenvalue weighted by Gasteiger charge is -2.16. The van der Waals surface area contributed by atoms with Crippen LogP contribution >= 0.6 is 11.6 Å². The highest BCUT2D eigenvalue weighted by molar-refractivity contribution is 6.31. The Labute approximate surface area is 136 Å². The number of halogens is 1. The topological polar surface area (TPSA) is 41.1 Å². The second-order valence-corrected chi connectivity index (χ2v) is 5.90. The van der Waals surface area contributed by atoms with Gasteiger partial charge in [-0.25, -0.2) is 0 Å². The van der Waals surface area contributed by atoms with Crippen LogP contribution in [0.25, 0.3) is 0 Å². The van der Waals surface area contributed by atoms with Crippen molar-refractivity contribution in [3.63, 3.8) is 0 Å². The summed E-state index contributed by atoms with van der Waals surface area (Å²) in [6.45, 7) is 6.25. The highest BCUT2D eigenvalue weighted by Gasteiger charge is 2.11. The maximum Gasteiger partial charge on any atom is 0.238 e. The fourth-order valence-electron chi connectivity index (χ4n) is 2.33. The minimum atomic E-state index is -0.0640. The van der Waals surface area contributed by atoms with Crippen LogP contribution in [-0.4, -0.2) is 12.5 Å². The van der Waals surface area contributed by atoms with Crippen LogP contribution in [0, 0.1) is 13.8 Å². The Morgan fingerprint density at radius 1 is 1.18 bits per heavy atom. The zero-order chi connectivity index (χ0) is 16.1. The number of aryl methyl sites for hydroxylation is 2. The molecule has 0 fully saturated rings. The van der Waals surface area contributed by atoms with Gasteiger partial charge < -0.3 is 10.6 Å². The van der Waals surface area contributed by atoms with E-state index in [0.717, 1.165) is 16.8 Å². The number of rotatable bonds is 5. The monoisotopic (exact) mass is 316 g/mol. The van der Waals surface area contributed by atoms with Gasteiger partial charge in [-0.15, -0.1) is 0 Å². The molecule has 2 rings (SSSR count). The summed E-state index contributed by atoms with van der Waals surface area (Å²) in [5.74, 6) is -0.0640. The van der Waals surface area contributed by atoms with Crippen LogP contribution in [0.1, 0.15) is 29.7 Å². The molecule has 0 heterocycles. The van der Waals surface area contributed by atoms with Crippen molar-refractivity contribution in [2.75, 3.05) is 11.9 Å². The predicted octanol–water partition coefficient (Wildman–Crippen LogP) is 4.25. The van der Waals surface area contributed by atoms with Gasteiger partial charge in [0, 0.05) is 16.8 Å². The van der Waals surface area contributed by atoms with Crippen molar-refractivity contribution in [1.82, 2.24) is 5.32 Å². The highest BCUT2D eigenvalue weighted by Crippen LogP contribution is 2.22. The van der Waals surface area contributed by atoms with Crippen molar-refractivity contribution in [3.8, 4) is 0 Å². The SMILES string of the molecule is Cc1ccc(NC(=O)CN[C@H](C)c2ccccc2Cl)c(C)c1. The summed E-state index contributed by atoms with van der Waals surface area (Å²) < 4.78 is 0. The molecule has 0 saturated heterocycles. The molecule has 22 heavy (non-hydrogen) atoms. The molecule has 2 aromatic rings. The third-order valence-electron chi connectivity index (χ3n) is 3.60. The van der Waals surface area contributed by atoms with E-state index in [4.69, 9.17) is 11.6 Å². The average Bonchev–Trinajstić information content (AvgIpc) is 2.48. The molecule has 0 unspecified atom stereocenters. The van der Waals surface area contributed by atoms with Gasteiger partial charge in [0.1, 0.15) is 0 Å². The fraction of sp³-hybridized carbons (Fsp3) is 0.278. The fourth-order valence-corrected chi connectivity index (χ4v) is 2.63. The summed E-state index contributed by atoms with van der Waals surface area (Å²) in [6.07, 6.45) is 0. The molecule has 3 nitrogen and oxygen atoms in total.